The summed E-state index contributed by atoms with van der Waals surface area (Å²) in [6, 6.07) is 13.3. The normalized spacial score (nSPS) is 11.9. The van der Waals surface area contributed by atoms with E-state index < -0.39 is 17.7 Å². The van der Waals surface area contributed by atoms with Crippen LogP contribution in [0, 0.1) is 0 Å². The molecule has 0 bridgehead atoms. The van der Waals surface area contributed by atoms with Crippen molar-refractivity contribution in [2.24, 2.45) is 0 Å². The Hall–Kier alpha value is -2.87. The number of benzene rings is 2. The first kappa shape index (κ1) is 24.4. The van der Waals surface area contributed by atoms with Crippen LogP contribution < -0.4 is 10.6 Å². The van der Waals surface area contributed by atoms with Gasteiger partial charge in [0.1, 0.15) is 11.6 Å². The van der Waals surface area contributed by atoms with E-state index >= 15 is 0 Å². The van der Waals surface area contributed by atoms with Gasteiger partial charge in [0.25, 0.3) is 5.91 Å². The number of carbonyl (C=O) groups excluding carboxylic acids is 3. The van der Waals surface area contributed by atoms with Crippen molar-refractivity contribution in [1.29, 1.82) is 0 Å². The Morgan fingerprint density at radius 2 is 1.74 bits per heavy atom. The minimum absolute atomic E-state index is 0.328. The standard InChI is InChI=1S/C23H28BrN3O4/c1-15(25-21(29)17-9-11-18(24)12-10-17)20(28)26-19-8-6-7-16(13-19)14-27(5)22(30)31-23(2,3)4/h6-13,15H,14H2,1-5H3,(H,25,29)(H,26,28). The van der Waals surface area contributed by atoms with Gasteiger partial charge in [0.2, 0.25) is 5.91 Å². The average molecular weight is 490 g/mol. The first-order valence-corrected chi connectivity index (χ1v) is 10.6. The fourth-order valence-electron chi connectivity index (χ4n) is 2.62. The van der Waals surface area contributed by atoms with Gasteiger partial charge in [-0.1, -0.05) is 28.1 Å². The van der Waals surface area contributed by atoms with E-state index in [4.69, 9.17) is 4.74 Å². The highest BCUT2D eigenvalue weighted by Gasteiger charge is 2.20. The molecule has 2 rings (SSSR count). The van der Waals surface area contributed by atoms with Gasteiger partial charge in [-0.25, -0.2) is 4.79 Å². The molecule has 0 aliphatic heterocycles. The second-order valence-electron chi connectivity index (χ2n) is 8.23. The third-order valence-corrected chi connectivity index (χ3v) is 4.70. The summed E-state index contributed by atoms with van der Waals surface area (Å²) in [6.45, 7) is 7.38. The second-order valence-corrected chi connectivity index (χ2v) is 9.14. The van der Waals surface area contributed by atoms with Crippen LogP contribution in [0.4, 0.5) is 10.5 Å². The molecule has 0 aliphatic carbocycles. The number of nitrogens with zero attached hydrogens (tertiary/aromatic N) is 1. The molecular formula is C23H28BrN3O4. The SMILES string of the molecule is CC(NC(=O)c1ccc(Br)cc1)C(=O)Nc1cccc(CN(C)C(=O)OC(C)(C)C)c1. The molecule has 0 saturated heterocycles. The maximum Gasteiger partial charge on any atom is 0.410 e. The first-order valence-electron chi connectivity index (χ1n) is 9.85. The highest BCUT2D eigenvalue weighted by molar-refractivity contribution is 9.10. The molecule has 0 saturated carbocycles. The van der Waals surface area contributed by atoms with Gasteiger partial charge in [-0.2, -0.15) is 0 Å². The smallest absolute Gasteiger partial charge is 0.410 e. The number of carbonyl (C=O) groups is 3. The van der Waals surface area contributed by atoms with Crippen LogP contribution in [0.25, 0.3) is 0 Å². The third kappa shape index (κ3) is 8.05. The van der Waals surface area contributed by atoms with Crippen molar-refractivity contribution < 1.29 is 19.1 Å². The fraction of sp³-hybridized carbons (Fsp3) is 0.348. The Bertz CT molecular complexity index is 939. The number of hydrogen-bond donors (Lipinski definition) is 2. The molecule has 0 radical (unpaired) electrons. The van der Waals surface area contributed by atoms with E-state index in [1.807, 2.05) is 26.8 Å². The molecule has 0 spiro atoms. The van der Waals surface area contributed by atoms with Crippen molar-refractivity contribution in [3.8, 4) is 0 Å². The van der Waals surface area contributed by atoms with Crippen LogP contribution >= 0.6 is 15.9 Å². The van der Waals surface area contributed by atoms with E-state index in [2.05, 4.69) is 26.6 Å². The van der Waals surface area contributed by atoms with Crippen LogP contribution in [-0.4, -0.2) is 41.5 Å². The minimum atomic E-state index is -0.732. The second kappa shape index (κ2) is 10.4. The molecule has 0 aromatic heterocycles. The van der Waals surface area contributed by atoms with Crippen LogP contribution in [0.1, 0.15) is 43.6 Å². The monoisotopic (exact) mass is 489 g/mol. The van der Waals surface area contributed by atoms with Crippen molar-refractivity contribution in [3.05, 3.63) is 64.1 Å². The minimum Gasteiger partial charge on any atom is -0.444 e. The number of hydrogen-bond acceptors (Lipinski definition) is 4. The molecule has 2 aromatic rings. The van der Waals surface area contributed by atoms with Gasteiger partial charge >= 0.3 is 6.09 Å². The van der Waals surface area contributed by atoms with E-state index in [0.29, 0.717) is 17.8 Å². The zero-order valence-corrected chi connectivity index (χ0v) is 19.9. The van der Waals surface area contributed by atoms with E-state index in [0.717, 1.165) is 10.0 Å². The fourth-order valence-corrected chi connectivity index (χ4v) is 2.89. The molecule has 0 fully saturated rings. The van der Waals surface area contributed by atoms with Crippen molar-refractivity contribution >= 4 is 39.5 Å². The molecule has 1 unspecified atom stereocenters. The molecule has 0 aliphatic rings. The molecule has 8 heteroatoms. The van der Waals surface area contributed by atoms with Gasteiger partial charge in [0, 0.05) is 29.3 Å². The summed E-state index contributed by atoms with van der Waals surface area (Å²) in [5.74, 6) is -0.675. The number of anilines is 1. The predicted molar refractivity (Wildman–Crippen MR) is 124 cm³/mol. The van der Waals surface area contributed by atoms with Crippen LogP contribution in [0.3, 0.4) is 0 Å². The van der Waals surface area contributed by atoms with Crippen molar-refractivity contribution in [1.82, 2.24) is 10.2 Å². The van der Waals surface area contributed by atoms with Crippen LogP contribution in [0.15, 0.2) is 53.0 Å². The summed E-state index contributed by atoms with van der Waals surface area (Å²) in [5.41, 5.74) is 1.30. The number of nitrogens with one attached hydrogen (secondary N) is 2. The van der Waals surface area contributed by atoms with E-state index in [-0.39, 0.29) is 11.8 Å². The number of rotatable bonds is 6. The van der Waals surface area contributed by atoms with Gasteiger partial charge in [-0.05, 0) is 69.7 Å². The number of amides is 3. The maximum atomic E-state index is 12.5. The van der Waals surface area contributed by atoms with Gasteiger partial charge < -0.3 is 20.3 Å². The van der Waals surface area contributed by atoms with Crippen molar-refractivity contribution in [2.45, 2.75) is 45.9 Å². The van der Waals surface area contributed by atoms with Gasteiger partial charge in [-0.15, -0.1) is 0 Å². The lowest BCUT2D eigenvalue weighted by atomic mass is 10.1. The third-order valence-electron chi connectivity index (χ3n) is 4.17. The molecule has 2 N–H and O–H groups in total. The summed E-state index contributed by atoms with van der Waals surface area (Å²) in [5, 5.41) is 5.48. The lowest BCUT2D eigenvalue weighted by molar-refractivity contribution is -0.117. The number of ether oxygens (including phenoxy) is 1. The molecule has 3 amide bonds. The summed E-state index contributed by atoms with van der Waals surface area (Å²) in [4.78, 5) is 38.4. The largest absolute Gasteiger partial charge is 0.444 e. The Balaban J connectivity index is 1.95. The summed E-state index contributed by atoms with van der Waals surface area (Å²) >= 11 is 3.32. The quantitative estimate of drug-likeness (QED) is 0.621. The summed E-state index contributed by atoms with van der Waals surface area (Å²) in [7, 11) is 1.65. The molecular weight excluding hydrogens is 462 g/mol. The Kier molecular flexibility index (Phi) is 8.21. The summed E-state index contributed by atoms with van der Waals surface area (Å²) < 4.78 is 6.22. The molecule has 31 heavy (non-hydrogen) atoms. The van der Waals surface area contributed by atoms with Crippen molar-refractivity contribution in [3.63, 3.8) is 0 Å². The molecule has 166 valence electrons. The van der Waals surface area contributed by atoms with Gasteiger partial charge in [0.05, 0.1) is 0 Å². The van der Waals surface area contributed by atoms with Crippen LogP contribution in [0.2, 0.25) is 0 Å². The summed E-state index contributed by atoms with van der Waals surface area (Å²) in [6.07, 6.45) is -0.425. The van der Waals surface area contributed by atoms with Gasteiger partial charge in [-0.3, -0.25) is 9.59 Å². The molecule has 1 atom stereocenters. The first-order chi connectivity index (χ1) is 14.4. The Labute approximate surface area is 191 Å². The molecule has 7 nitrogen and oxygen atoms in total. The molecule has 0 heterocycles. The Morgan fingerprint density at radius 3 is 2.35 bits per heavy atom. The van der Waals surface area contributed by atoms with Crippen molar-refractivity contribution in [2.75, 3.05) is 12.4 Å². The van der Waals surface area contributed by atoms with E-state index in [1.54, 1.807) is 56.4 Å². The zero-order chi connectivity index (χ0) is 23.2. The van der Waals surface area contributed by atoms with E-state index in [9.17, 15) is 14.4 Å². The highest BCUT2D eigenvalue weighted by Crippen LogP contribution is 2.15. The molecule has 2 aromatic carbocycles. The predicted octanol–water partition coefficient (Wildman–Crippen LogP) is 4.57. The lowest BCUT2D eigenvalue weighted by Crippen LogP contribution is -2.41. The highest BCUT2D eigenvalue weighted by atomic mass is 79.9. The maximum absolute atomic E-state index is 12.5. The zero-order valence-electron chi connectivity index (χ0n) is 18.4. The van der Waals surface area contributed by atoms with Crippen LogP contribution in [0.5, 0.6) is 0 Å². The van der Waals surface area contributed by atoms with E-state index in [1.165, 1.54) is 4.90 Å². The van der Waals surface area contributed by atoms with Gasteiger partial charge in [0.15, 0.2) is 0 Å². The average Bonchev–Trinajstić information content (AvgIpc) is 2.67. The topological polar surface area (TPSA) is 87.7 Å². The van der Waals surface area contributed by atoms with Crippen LogP contribution in [-0.2, 0) is 16.1 Å². The number of halogens is 1. The lowest BCUT2D eigenvalue weighted by Gasteiger charge is -2.24. The Morgan fingerprint density at radius 1 is 1.10 bits per heavy atom.